The van der Waals surface area contributed by atoms with E-state index in [9.17, 15) is 18.5 Å². The zero-order valence-corrected chi connectivity index (χ0v) is 18.6. The highest BCUT2D eigenvalue weighted by Gasteiger charge is 2.49. The lowest BCUT2D eigenvalue weighted by Crippen LogP contribution is -2.58. The van der Waals surface area contributed by atoms with E-state index in [0.29, 0.717) is 23.4 Å². The Kier molecular flexibility index (Phi) is 7.94. The molecule has 0 aromatic heterocycles. The molecule has 0 aliphatic carbocycles. The van der Waals surface area contributed by atoms with Crippen LogP contribution in [0.5, 0.6) is 0 Å². The van der Waals surface area contributed by atoms with E-state index in [1.807, 2.05) is 0 Å². The molecule has 6 nitrogen and oxygen atoms in total. The predicted octanol–water partition coefficient (Wildman–Crippen LogP) is 2.89. The maximum atomic E-state index is 13.5. The van der Waals surface area contributed by atoms with Gasteiger partial charge in [-0.05, 0) is 54.3 Å². The van der Waals surface area contributed by atoms with Crippen LogP contribution in [-0.2, 0) is 32.0 Å². The maximum Gasteiger partial charge on any atom is 0.323 e. The first-order valence-electron chi connectivity index (χ1n) is 9.94. The number of piperidine rings is 1. The summed E-state index contributed by atoms with van der Waals surface area (Å²) in [5.74, 6) is -2.17. The molecule has 1 saturated heterocycles. The number of likely N-dealkylation sites (tertiary alicyclic amines) is 1. The first-order valence-corrected chi connectivity index (χ1v) is 11.5. The summed E-state index contributed by atoms with van der Waals surface area (Å²) in [7, 11) is 0. The van der Waals surface area contributed by atoms with Crippen molar-refractivity contribution in [2.45, 2.75) is 36.1 Å². The molecule has 166 valence electrons. The second-order valence-electron chi connectivity index (χ2n) is 7.27. The maximum absolute atomic E-state index is 13.5. The minimum atomic E-state index is -1.72. The van der Waals surface area contributed by atoms with Crippen molar-refractivity contribution in [3.63, 3.8) is 0 Å². The van der Waals surface area contributed by atoms with E-state index in [2.05, 4.69) is 0 Å². The van der Waals surface area contributed by atoms with Crippen molar-refractivity contribution in [3.05, 3.63) is 64.9 Å². The van der Waals surface area contributed by atoms with Gasteiger partial charge in [0, 0.05) is 19.0 Å². The average Bonchev–Trinajstić information content (AvgIpc) is 2.77. The number of nitrogens with two attached hydrogens (primary N) is 1. The average molecular weight is 467 g/mol. The smallest absolute Gasteiger partial charge is 0.323 e. The Bertz CT molecular complexity index is 933. The Morgan fingerprint density at radius 1 is 1.35 bits per heavy atom. The molecule has 2 N–H and O–H groups in total. The van der Waals surface area contributed by atoms with E-state index in [1.54, 1.807) is 48.2 Å². The number of amides is 1. The number of hydrogen-bond donors (Lipinski definition) is 1. The van der Waals surface area contributed by atoms with Gasteiger partial charge in [-0.3, -0.25) is 9.59 Å². The lowest BCUT2D eigenvalue weighted by Gasteiger charge is -2.39. The Labute approximate surface area is 188 Å². The number of hydrogen-bond acceptors (Lipinski definition) is 5. The predicted molar refractivity (Wildman–Crippen MR) is 116 cm³/mol. The van der Waals surface area contributed by atoms with Crippen LogP contribution < -0.4 is 5.73 Å². The van der Waals surface area contributed by atoms with E-state index >= 15 is 0 Å². The summed E-state index contributed by atoms with van der Waals surface area (Å²) in [5, 5.41) is -1.04. The molecule has 0 saturated carbocycles. The number of nitrogens with zero attached hydrogens (tertiary/aromatic N) is 1. The van der Waals surface area contributed by atoms with Gasteiger partial charge < -0.3 is 19.9 Å². The third-order valence-corrected chi connectivity index (χ3v) is 7.30. The summed E-state index contributed by atoms with van der Waals surface area (Å²) in [6.45, 7) is 2.33. The van der Waals surface area contributed by atoms with Gasteiger partial charge in [0.25, 0.3) is 5.91 Å². The van der Waals surface area contributed by atoms with Gasteiger partial charge in [0.1, 0.15) is 11.9 Å². The molecular weight excluding hydrogens is 443 g/mol. The highest BCUT2D eigenvalue weighted by atomic mass is 35.5. The minimum absolute atomic E-state index is 0.0337. The molecule has 1 aliphatic rings. The third kappa shape index (κ3) is 5.38. The van der Waals surface area contributed by atoms with Gasteiger partial charge in [-0.15, -0.1) is 0 Å². The highest BCUT2D eigenvalue weighted by Crippen LogP contribution is 2.32. The fourth-order valence-electron chi connectivity index (χ4n) is 3.68. The van der Waals surface area contributed by atoms with Gasteiger partial charge in [0.2, 0.25) is 5.25 Å². The first-order chi connectivity index (χ1) is 14.8. The topological polar surface area (TPSA) is 95.7 Å². The van der Waals surface area contributed by atoms with Crippen LogP contribution in [-0.4, -0.2) is 45.8 Å². The summed E-state index contributed by atoms with van der Waals surface area (Å²) in [4.78, 5) is 27.7. The molecule has 0 bridgehead atoms. The fraction of sp³-hybridized carbons (Fsp3) is 0.364. The Hall–Kier alpha value is -2.13. The Morgan fingerprint density at radius 2 is 2.06 bits per heavy atom. The molecule has 4 atom stereocenters. The standard InChI is InChI=1S/C22H24ClFN2O4S/c1-2-30-22(28)19(25)16-10-11-26(13-14-8-9-18(24)17(23)12-14)21(27)20(16)31(29)15-6-4-3-5-7-15/h3-9,12,16,19-20H,2,10-11,13,25H2,1H3. The van der Waals surface area contributed by atoms with Gasteiger partial charge in [0.05, 0.1) is 11.6 Å². The summed E-state index contributed by atoms with van der Waals surface area (Å²) < 4.78 is 31.9. The van der Waals surface area contributed by atoms with E-state index < -0.39 is 40.2 Å². The van der Waals surface area contributed by atoms with E-state index in [-0.39, 0.29) is 24.1 Å². The van der Waals surface area contributed by atoms with Crippen LogP contribution in [0.3, 0.4) is 0 Å². The number of carbonyl (C=O) groups excluding carboxylic acids is 2. The van der Waals surface area contributed by atoms with E-state index in [4.69, 9.17) is 22.1 Å². The van der Waals surface area contributed by atoms with Gasteiger partial charge in [-0.1, -0.05) is 35.9 Å². The summed E-state index contributed by atoms with van der Waals surface area (Å²) in [6, 6.07) is 11.8. The van der Waals surface area contributed by atoms with Crippen LogP contribution in [0.2, 0.25) is 5.02 Å². The molecule has 2 aromatic rings. The molecule has 3 rings (SSSR count). The van der Waals surface area contributed by atoms with Gasteiger partial charge in [-0.2, -0.15) is 0 Å². The van der Waals surface area contributed by atoms with Crippen LogP contribution >= 0.6 is 11.6 Å². The van der Waals surface area contributed by atoms with Crippen LogP contribution in [0.1, 0.15) is 18.9 Å². The molecule has 1 aliphatic heterocycles. The molecule has 4 unspecified atom stereocenters. The molecule has 31 heavy (non-hydrogen) atoms. The number of esters is 1. The van der Waals surface area contributed by atoms with Crippen LogP contribution in [0, 0.1) is 11.7 Å². The molecule has 1 fully saturated rings. The van der Waals surface area contributed by atoms with Gasteiger partial charge in [-0.25, -0.2) is 4.39 Å². The fourth-order valence-corrected chi connectivity index (χ4v) is 5.55. The first kappa shape index (κ1) is 23.5. The third-order valence-electron chi connectivity index (χ3n) is 5.26. The quantitative estimate of drug-likeness (QED) is 0.500. The molecule has 0 spiro atoms. The van der Waals surface area contributed by atoms with Gasteiger partial charge in [0.15, 0.2) is 4.90 Å². The second kappa shape index (κ2) is 10.5. The summed E-state index contributed by atoms with van der Waals surface area (Å²) in [6.07, 6.45) is 0.379. The van der Waals surface area contributed by atoms with Crippen molar-refractivity contribution < 1.29 is 23.3 Å². The van der Waals surface area contributed by atoms with Crippen molar-refractivity contribution in [1.29, 1.82) is 0 Å². The lowest BCUT2D eigenvalue weighted by atomic mass is 9.88. The van der Waals surface area contributed by atoms with Crippen LogP contribution in [0.4, 0.5) is 4.39 Å². The van der Waals surface area contributed by atoms with Gasteiger partial charge >= 0.3 is 5.97 Å². The SMILES string of the molecule is CCOC(=O)C(N)C1CCN(Cc2ccc(F)c(Cl)c2)C(=O)C1[S+]([O-])c1ccccc1. The summed E-state index contributed by atoms with van der Waals surface area (Å²) in [5.41, 5.74) is 6.79. The molecule has 0 radical (unpaired) electrons. The molecule has 2 aromatic carbocycles. The number of carbonyl (C=O) groups is 2. The van der Waals surface area contributed by atoms with E-state index in [1.165, 1.54) is 12.1 Å². The number of benzene rings is 2. The zero-order chi connectivity index (χ0) is 22.5. The number of ether oxygens (including phenoxy) is 1. The minimum Gasteiger partial charge on any atom is -0.611 e. The van der Waals surface area contributed by atoms with Crippen LogP contribution in [0.15, 0.2) is 53.4 Å². The highest BCUT2D eigenvalue weighted by molar-refractivity contribution is 7.92. The summed E-state index contributed by atoms with van der Waals surface area (Å²) >= 11 is 4.14. The zero-order valence-electron chi connectivity index (χ0n) is 17.0. The van der Waals surface area contributed by atoms with Crippen molar-refractivity contribution in [1.82, 2.24) is 4.90 Å². The lowest BCUT2D eigenvalue weighted by molar-refractivity contribution is -0.147. The van der Waals surface area contributed by atoms with Crippen molar-refractivity contribution >= 4 is 34.7 Å². The Balaban J connectivity index is 1.88. The van der Waals surface area contributed by atoms with Crippen LogP contribution in [0.25, 0.3) is 0 Å². The molecular formula is C22H24ClFN2O4S. The van der Waals surface area contributed by atoms with E-state index in [0.717, 1.165) is 0 Å². The number of halogens is 2. The number of rotatable bonds is 7. The Morgan fingerprint density at radius 3 is 2.71 bits per heavy atom. The largest absolute Gasteiger partial charge is 0.611 e. The monoisotopic (exact) mass is 466 g/mol. The molecule has 1 amide bonds. The molecule has 9 heteroatoms. The van der Waals surface area contributed by atoms with Crippen molar-refractivity contribution in [2.75, 3.05) is 13.2 Å². The molecule has 1 heterocycles. The van der Waals surface area contributed by atoms with Crippen molar-refractivity contribution in [3.8, 4) is 0 Å². The normalized spacial score (nSPS) is 20.9. The second-order valence-corrected chi connectivity index (χ2v) is 9.25. The van der Waals surface area contributed by atoms with Crippen molar-refractivity contribution in [2.24, 2.45) is 11.7 Å².